The number of nitrogens with zero attached hydrogens (tertiary/aromatic N) is 4. The Labute approximate surface area is 144 Å². The van der Waals surface area contributed by atoms with Gasteiger partial charge >= 0.3 is 0 Å². The summed E-state index contributed by atoms with van der Waals surface area (Å²) < 4.78 is 7.12. The van der Waals surface area contributed by atoms with Crippen molar-refractivity contribution in [1.29, 1.82) is 0 Å². The highest BCUT2D eigenvalue weighted by molar-refractivity contribution is 7.20. The van der Waals surface area contributed by atoms with Gasteiger partial charge in [-0.15, -0.1) is 5.10 Å². The van der Waals surface area contributed by atoms with Crippen LogP contribution in [0, 0.1) is 5.92 Å². The van der Waals surface area contributed by atoms with E-state index in [1.54, 1.807) is 30.8 Å². The van der Waals surface area contributed by atoms with Crippen LogP contribution in [0.5, 0.6) is 5.75 Å². The van der Waals surface area contributed by atoms with Crippen LogP contribution in [-0.4, -0.2) is 46.3 Å². The standard InChI is InChI=1S/C16H20N6OS/c1-23-13-6-12(8-18-9-13)14-10-20-16-22(14)21-15(24-16)19-7-11-2-4-17-5-3-11/h6,8-11,17H,2-5,7H2,1H3,(H,19,21). The van der Waals surface area contributed by atoms with Crippen LogP contribution in [-0.2, 0) is 0 Å². The third-order valence-electron chi connectivity index (χ3n) is 4.33. The molecule has 0 unspecified atom stereocenters. The summed E-state index contributed by atoms with van der Waals surface area (Å²) in [4.78, 5) is 9.55. The van der Waals surface area contributed by atoms with Crippen molar-refractivity contribution in [3.63, 3.8) is 0 Å². The van der Waals surface area contributed by atoms with Crippen molar-refractivity contribution in [1.82, 2.24) is 24.9 Å². The van der Waals surface area contributed by atoms with Crippen molar-refractivity contribution in [2.45, 2.75) is 12.8 Å². The maximum atomic E-state index is 5.25. The fraction of sp³-hybridized carbons (Fsp3) is 0.438. The van der Waals surface area contributed by atoms with E-state index in [4.69, 9.17) is 4.74 Å². The normalized spacial score (nSPS) is 15.7. The Kier molecular flexibility index (Phi) is 4.31. The van der Waals surface area contributed by atoms with Crippen LogP contribution in [0.25, 0.3) is 16.2 Å². The number of ether oxygens (including phenoxy) is 1. The fourth-order valence-corrected chi connectivity index (χ4v) is 3.73. The molecule has 7 nitrogen and oxygen atoms in total. The summed E-state index contributed by atoms with van der Waals surface area (Å²) in [6.07, 6.45) is 7.75. The number of hydrogen-bond acceptors (Lipinski definition) is 7. The smallest absolute Gasteiger partial charge is 0.214 e. The molecule has 4 rings (SSSR count). The number of fused-ring (bicyclic) bond motifs is 1. The first-order valence-electron chi connectivity index (χ1n) is 8.12. The van der Waals surface area contributed by atoms with Crippen molar-refractivity contribution in [2.24, 2.45) is 5.92 Å². The van der Waals surface area contributed by atoms with Crippen LogP contribution < -0.4 is 15.4 Å². The summed E-state index contributed by atoms with van der Waals surface area (Å²) >= 11 is 1.57. The molecule has 3 aromatic rings. The molecule has 0 spiro atoms. The number of piperidine rings is 1. The minimum atomic E-state index is 0.713. The minimum absolute atomic E-state index is 0.713. The average molecular weight is 344 g/mol. The van der Waals surface area contributed by atoms with Crippen molar-refractivity contribution >= 4 is 21.4 Å². The Morgan fingerprint density at radius 1 is 1.33 bits per heavy atom. The molecule has 1 aliphatic heterocycles. The molecule has 0 saturated carbocycles. The van der Waals surface area contributed by atoms with E-state index in [-0.39, 0.29) is 0 Å². The van der Waals surface area contributed by atoms with E-state index in [1.165, 1.54) is 12.8 Å². The van der Waals surface area contributed by atoms with Crippen molar-refractivity contribution in [3.8, 4) is 17.0 Å². The molecule has 0 radical (unpaired) electrons. The van der Waals surface area contributed by atoms with Gasteiger partial charge in [0.1, 0.15) is 5.75 Å². The molecular weight excluding hydrogens is 324 g/mol. The quantitative estimate of drug-likeness (QED) is 0.739. The first-order valence-corrected chi connectivity index (χ1v) is 8.93. The van der Waals surface area contributed by atoms with E-state index < -0.39 is 0 Å². The summed E-state index contributed by atoms with van der Waals surface area (Å²) in [7, 11) is 1.64. The van der Waals surface area contributed by atoms with Gasteiger partial charge in [0.05, 0.1) is 25.2 Å². The van der Waals surface area contributed by atoms with Crippen molar-refractivity contribution < 1.29 is 4.74 Å². The molecule has 3 aromatic heterocycles. The largest absolute Gasteiger partial charge is 0.495 e. The Morgan fingerprint density at radius 2 is 2.21 bits per heavy atom. The van der Waals surface area contributed by atoms with Gasteiger partial charge in [0, 0.05) is 18.3 Å². The second-order valence-electron chi connectivity index (χ2n) is 5.93. The lowest BCUT2D eigenvalue weighted by molar-refractivity contribution is 0.390. The summed E-state index contributed by atoms with van der Waals surface area (Å²) in [6.45, 7) is 3.19. The zero-order valence-corrected chi connectivity index (χ0v) is 14.3. The third kappa shape index (κ3) is 3.07. The van der Waals surface area contributed by atoms with E-state index in [0.717, 1.165) is 46.7 Å². The van der Waals surface area contributed by atoms with E-state index >= 15 is 0 Å². The maximum Gasteiger partial charge on any atom is 0.214 e. The lowest BCUT2D eigenvalue weighted by Gasteiger charge is -2.22. The molecule has 0 aromatic carbocycles. The second kappa shape index (κ2) is 6.74. The molecule has 8 heteroatoms. The highest BCUT2D eigenvalue weighted by Gasteiger charge is 2.15. The molecule has 1 aliphatic rings. The molecule has 0 aliphatic carbocycles. The van der Waals surface area contributed by atoms with Gasteiger partial charge in [-0.25, -0.2) is 9.50 Å². The molecule has 0 amide bonds. The van der Waals surface area contributed by atoms with Crippen LogP contribution >= 0.6 is 11.3 Å². The van der Waals surface area contributed by atoms with E-state index in [1.807, 2.05) is 16.8 Å². The molecule has 0 bridgehead atoms. The number of anilines is 1. The SMILES string of the molecule is COc1cncc(-c2cnc3sc(NCC4CCNCC4)nn23)c1. The first kappa shape index (κ1) is 15.3. The van der Waals surface area contributed by atoms with Crippen LogP contribution in [0.4, 0.5) is 5.13 Å². The van der Waals surface area contributed by atoms with E-state index in [0.29, 0.717) is 5.92 Å². The van der Waals surface area contributed by atoms with Gasteiger partial charge < -0.3 is 15.4 Å². The molecule has 24 heavy (non-hydrogen) atoms. The first-order chi connectivity index (χ1) is 11.8. The highest BCUT2D eigenvalue weighted by Crippen LogP contribution is 2.27. The number of aromatic nitrogens is 4. The molecule has 1 fully saturated rings. The molecule has 1 saturated heterocycles. The fourth-order valence-electron chi connectivity index (χ4n) is 2.95. The Hall–Kier alpha value is -2.19. The predicted octanol–water partition coefficient (Wildman–Crippen LogP) is 2.27. The monoisotopic (exact) mass is 344 g/mol. The number of rotatable bonds is 5. The van der Waals surface area contributed by atoms with Gasteiger partial charge in [0.2, 0.25) is 10.1 Å². The Bertz CT molecular complexity index is 823. The number of pyridine rings is 1. The number of methoxy groups -OCH3 is 1. The zero-order valence-electron chi connectivity index (χ0n) is 13.5. The van der Waals surface area contributed by atoms with E-state index in [2.05, 4.69) is 25.7 Å². The van der Waals surface area contributed by atoms with Gasteiger partial charge in [-0.2, -0.15) is 0 Å². The average Bonchev–Trinajstić information content (AvgIpc) is 3.21. The molecule has 0 atom stereocenters. The molecule has 2 N–H and O–H groups in total. The Morgan fingerprint density at radius 3 is 3.04 bits per heavy atom. The lowest BCUT2D eigenvalue weighted by Crippen LogP contribution is -2.31. The van der Waals surface area contributed by atoms with Crippen LogP contribution in [0.1, 0.15) is 12.8 Å². The van der Waals surface area contributed by atoms with Crippen LogP contribution in [0.15, 0.2) is 24.7 Å². The Balaban J connectivity index is 1.54. The lowest BCUT2D eigenvalue weighted by atomic mass is 9.98. The third-order valence-corrected chi connectivity index (χ3v) is 5.21. The number of nitrogens with one attached hydrogen (secondary N) is 2. The summed E-state index contributed by atoms with van der Waals surface area (Å²) in [6, 6.07) is 1.94. The molecule has 4 heterocycles. The molecular formula is C16H20N6OS. The van der Waals surface area contributed by atoms with Crippen molar-refractivity contribution in [3.05, 3.63) is 24.7 Å². The predicted molar refractivity (Wildman–Crippen MR) is 94.7 cm³/mol. The van der Waals surface area contributed by atoms with Gasteiger partial charge in [0.15, 0.2) is 0 Å². The van der Waals surface area contributed by atoms with Crippen LogP contribution in [0.2, 0.25) is 0 Å². The topological polar surface area (TPSA) is 76.4 Å². The molecule has 126 valence electrons. The summed E-state index contributed by atoms with van der Waals surface area (Å²) in [5, 5.41) is 12.4. The van der Waals surface area contributed by atoms with E-state index in [9.17, 15) is 0 Å². The number of hydrogen-bond donors (Lipinski definition) is 2. The maximum absolute atomic E-state index is 5.25. The van der Waals surface area contributed by atoms with Gasteiger partial charge in [0.25, 0.3) is 0 Å². The zero-order chi connectivity index (χ0) is 16.4. The minimum Gasteiger partial charge on any atom is -0.495 e. The number of imidazole rings is 1. The van der Waals surface area contributed by atoms with Gasteiger partial charge in [-0.3, -0.25) is 4.98 Å². The summed E-state index contributed by atoms with van der Waals surface area (Å²) in [5.41, 5.74) is 1.86. The highest BCUT2D eigenvalue weighted by atomic mass is 32.1. The van der Waals surface area contributed by atoms with Gasteiger partial charge in [-0.05, 0) is 37.9 Å². The van der Waals surface area contributed by atoms with Crippen molar-refractivity contribution in [2.75, 3.05) is 32.1 Å². The second-order valence-corrected chi connectivity index (χ2v) is 6.89. The summed E-state index contributed by atoms with van der Waals surface area (Å²) in [5.74, 6) is 1.44. The van der Waals surface area contributed by atoms with Gasteiger partial charge in [-0.1, -0.05) is 11.3 Å². The van der Waals surface area contributed by atoms with Crippen LogP contribution in [0.3, 0.4) is 0 Å².